The molecule has 4 aromatic rings. The Balaban J connectivity index is 1.44. The lowest BCUT2D eigenvalue weighted by atomic mass is 9.84. The average molecular weight is 492 g/mol. The molecule has 0 aliphatic carbocycles. The van der Waals surface area contributed by atoms with Crippen LogP contribution in [0.5, 0.6) is 0 Å². The molecule has 0 fully saturated rings. The van der Waals surface area contributed by atoms with Gasteiger partial charge < -0.3 is 5.11 Å². The largest absolute Gasteiger partial charge is 0.381 e. The highest BCUT2D eigenvalue weighted by Crippen LogP contribution is 2.38. The molecule has 2 aromatic carbocycles. The number of benzene rings is 2. The summed E-state index contributed by atoms with van der Waals surface area (Å²) in [6.07, 6.45) is 3.62. The molecule has 0 saturated carbocycles. The molecule has 0 amide bonds. The normalized spacial score (nSPS) is 16.3. The maximum absolute atomic E-state index is 14.9. The van der Waals surface area contributed by atoms with Crippen LogP contribution >= 0.6 is 11.3 Å². The Morgan fingerprint density at radius 2 is 2.00 bits per heavy atom. The van der Waals surface area contributed by atoms with Gasteiger partial charge in [-0.1, -0.05) is 18.2 Å². The summed E-state index contributed by atoms with van der Waals surface area (Å²) in [5, 5.41) is 25.1. The highest BCUT2D eigenvalue weighted by molar-refractivity contribution is 7.15. The van der Waals surface area contributed by atoms with E-state index in [0.29, 0.717) is 18.7 Å². The van der Waals surface area contributed by atoms with Gasteiger partial charge in [0.1, 0.15) is 29.9 Å². The summed E-state index contributed by atoms with van der Waals surface area (Å²) in [4.78, 5) is 8.46. The third kappa shape index (κ3) is 4.48. The molecule has 2 aromatic heterocycles. The number of aliphatic hydroxyl groups is 1. The lowest BCUT2D eigenvalue weighted by Gasteiger charge is -2.42. The summed E-state index contributed by atoms with van der Waals surface area (Å²) in [7, 11) is 0. The van der Waals surface area contributed by atoms with E-state index in [1.54, 1.807) is 11.3 Å². The molecule has 0 saturated heterocycles. The lowest BCUT2D eigenvalue weighted by Crippen LogP contribution is -2.53. The maximum Gasteiger partial charge on any atom is 0.137 e. The van der Waals surface area contributed by atoms with Crippen LogP contribution in [0.3, 0.4) is 0 Å². The quantitative estimate of drug-likeness (QED) is 0.430. The second kappa shape index (κ2) is 9.30. The van der Waals surface area contributed by atoms with E-state index in [1.165, 1.54) is 28.3 Å². The van der Waals surface area contributed by atoms with Gasteiger partial charge in [0, 0.05) is 40.5 Å². The van der Waals surface area contributed by atoms with Gasteiger partial charge in [-0.25, -0.2) is 18.4 Å². The molecule has 3 heterocycles. The zero-order chi connectivity index (χ0) is 24.6. The molecule has 9 heteroatoms. The number of hydrogen-bond acceptors (Lipinski definition) is 6. The summed E-state index contributed by atoms with van der Waals surface area (Å²) in [6, 6.07) is 14.6. The summed E-state index contributed by atoms with van der Waals surface area (Å²) in [5.41, 5.74) is 1.19. The van der Waals surface area contributed by atoms with E-state index < -0.39 is 23.3 Å². The van der Waals surface area contributed by atoms with Gasteiger partial charge in [-0.2, -0.15) is 10.4 Å². The van der Waals surface area contributed by atoms with Crippen molar-refractivity contribution in [3.05, 3.63) is 94.4 Å². The standard InChI is InChI=1S/C26H23F2N5OS/c1-17(26(34,14-33-16-30-15-31-33)22-7-6-21(27)11-23(22)28)32-9-8-24-20(13-32)10-25(35-24)19-4-2-18(12-29)3-5-19/h2-7,10-11,15-17,34H,8-9,13-14H2,1H3/t17-,26-/m1/s1. The van der Waals surface area contributed by atoms with Crippen LogP contribution in [0.1, 0.15) is 28.5 Å². The van der Waals surface area contributed by atoms with E-state index in [4.69, 9.17) is 5.26 Å². The van der Waals surface area contributed by atoms with Crippen molar-refractivity contribution in [1.82, 2.24) is 19.7 Å². The predicted octanol–water partition coefficient (Wildman–Crippen LogP) is 4.49. The molecule has 178 valence electrons. The van der Waals surface area contributed by atoms with Crippen LogP contribution < -0.4 is 0 Å². The average Bonchev–Trinajstić information content (AvgIpc) is 3.52. The fraction of sp³-hybridized carbons (Fsp3) is 0.269. The number of nitriles is 1. The van der Waals surface area contributed by atoms with E-state index in [1.807, 2.05) is 31.2 Å². The first-order chi connectivity index (χ1) is 16.9. The number of nitrogens with zero attached hydrogens (tertiary/aromatic N) is 5. The summed E-state index contributed by atoms with van der Waals surface area (Å²) < 4.78 is 30.0. The van der Waals surface area contributed by atoms with Crippen molar-refractivity contribution in [2.45, 2.75) is 38.1 Å². The minimum atomic E-state index is -1.67. The van der Waals surface area contributed by atoms with E-state index >= 15 is 0 Å². The fourth-order valence-electron chi connectivity index (χ4n) is 4.68. The molecule has 0 bridgehead atoms. The van der Waals surface area contributed by atoms with Gasteiger partial charge in [-0.3, -0.25) is 4.90 Å². The number of hydrogen-bond donors (Lipinski definition) is 1. The van der Waals surface area contributed by atoms with Crippen molar-refractivity contribution in [2.75, 3.05) is 6.54 Å². The van der Waals surface area contributed by atoms with Gasteiger partial charge in [0.15, 0.2) is 0 Å². The van der Waals surface area contributed by atoms with Crippen molar-refractivity contribution >= 4 is 11.3 Å². The minimum Gasteiger partial charge on any atom is -0.381 e. The Bertz CT molecular complexity index is 1380. The molecule has 1 aliphatic rings. The molecule has 35 heavy (non-hydrogen) atoms. The lowest BCUT2D eigenvalue weighted by molar-refractivity contribution is -0.0675. The van der Waals surface area contributed by atoms with E-state index in [2.05, 4.69) is 27.1 Å². The SMILES string of the molecule is C[C@@H](N1CCc2sc(-c3ccc(C#N)cc3)cc2C1)[C@](O)(Cn1cncn1)c1ccc(F)cc1F. The van der Waals surface area contributed by atoms with Gasteiger partial charge >= 0.3 is 0 Å². The van der Waals surface area contributed by atoms with E-state index in [9.17, 15) is 13.9 Å². The number of thiophene rings is 1. The molecule has 1 aliphatic heterocycles. The molecular formula is C26H23F2N5OS. The summed E-state index contributed by atoms with van der Waals surface area (Å²) >= 11 is 1.73. The van der Waals surface area contributed by atoms with Crippen LogP contribution in [0.2, 0.25) is 0 Å². The maximum atomic E-state index is 14.9. The Hall–Kier alpha value is -3.45. The number of rotatable bonds is 6. The van der Waals surface area contributed by atoms with Crippen LogP contribution in [0.4, 0.5) is 8.78 Å². The fourth-order valence-corrected chi connectivity index (χ4v) is 5.85. The third-order valence-electron chi connectivity index (χ3n) is 6.70. The van der Waals surface area contributed by atoms with Crippen LogP contribution in [0.15, 0.2) is 61.2 Å². The summed E-state index contributed by atoms with van der Waals surface area (Å²) in [6.45, 7) is 3.11. The zero-order valence-corrected chi connectivity index (χ0v) is 19.8. The van der Waals surface area contributed by atoms with Crippen molar-refractivity contribution in [3.63, 3.8) is 0 Å². The molecule has 5 rings (SSSR count). The van der Waals surface area contributed by atoms with Crippen molar-refractivity contribution < 1.29 is 13.9 Å². The van der Waals surface area contributed by atoms with Crippen LogP contribution in [0, 0.1) is 23.0 Å². The molecule has 0 unspecified atom stereocenters. The highest BCUT2D eigenvalue weighted by atomic mass is 32.1. The number of fused-ring (bicyclic) bond motifs is 1. The molecule has 6 nitrogen and oxygen atoms in total. The van der Waals surface area contributed by atoms with Crippen molar-refractivity contribution in [1.29, 1.82) is 5.26 Å². The second-order valence-electron chi connectivity index (χ2n) is 8.79. The Morgan fingerprint density at radius 1 is 1.20 bits per heavy atom. The van der Waals surface area contributed by atoms with Gasteiger partial charge in [0.2, 0.25) is 0 Å². The van der Waals surface area contributed by atoms with Crippen molar-refractivity contribution in [2.24, 2.45) is 0 Å². The molecular weight excluding hydrogens is 468 g/mol. The van der Waals surface area contributed by atoms with Crippen LogP contribution in [0.25, 0.3) is 10.4 Å². The van der Waals surface area contributed by atoms with Crippen LogP contribution in [-0.4, -0.2) is 37.4 Å². The minimum absolute atomic E-state index is 0.0243. The van der Waals surface area contributed by atoms with Crippen LogP contribution in [-0.2, 0) is 25.1 Å². The van der Waals surface area contributed by atoms with Gasteiger partial charge in [-0.05, 0) is 48.7 Å². The van der Waals surface area contributed by atoms with Gasteiger partial charge in [0.25, 0.3) is 0 Å². The molecule has 0 spiro atoms. The third-order valence-corrected chi connectivity index (χ3v) is 7.99. The first-order valence-corrected chi connectivity index (χ1v) is 12.1. The van der Waals surface area contributed by atoms with E-state index in [-0.39, 0.29) is 12.1 Å². The zero-order valence-electron chi connectivity index (χ0n) is 19.0. The van der Waals surface area contributed by atoms with E-state index in [0.717, 1.165) is 34.6 Å². The predicted molar refractivity (Wildman–Crippen MR) is 128 cm³/mol. The first kappa shape index (κ1) is 23.3. The van der Waals surface area contributed by atoms with Crippen molar-refractivity contribution in [3.8, 4) is 16.5 Å². The Morgan fingerprint density at radius 3 is 2.69 bits per heavy atom. The first-order valence-electron chi connectivity index (χ1n) is 11.2. The number of halogens is 2. The molecule has 1 N–H and O–H groups in total. The smallest absolute Gasteiger partial charge is 0.137 e. The van der Waals surface area contributed by atoms with Gasteiger partial charge in [0.05, 0.1) is 18.2 Å². The number of aromatic nitrogens is 3. The summed E-state index contributed by atoms with van der Waals surface area (Å²) in [5.74, 6) is -1.49. The van der Waals surface area contributed by atoms with Gasteiger partial charge in [-0.15, -0.1) is 11.3 Å². The molecule has 2 atom stereocenters. The Labute approximate surface area is 205 Å². The molecule has 0 radical (unpaired) electrons. The highest BCUT2D eigenvalue weighted by Gasteiger charge is 2.42. The monoisotopic (exact) mass is 491 g/mol. The second-order valence-corrected chi connectivity index (χ2v) is 9.92. The topological polar surface area (TPSA) is 78.0 Å². The Kier molecular flexibility index (Phi) is 6.19.